The summed E-state index contributed by atoms with van der Waals surface area (Å²) in [7, 11) is 0. The average molecular weight is 412 g/mol. The van der Waals surface area contributed by atoms with E-state index in [2.05, 4.69) is 33.2 Å². The summed E-state index contributed by atoms with van der Waals surface area (Å²) < 4.78 is 13.6. The SMILES string of the molecule is O=C(CNC(=O)c1ccccc1I)NCc1ccc(F)cc1. The number of nitrogens with one attached hydrogen (secondary N) is 2. The highest BCUT2D eigenvalue weighted by Crippen LogP contribution is 2.10. The molecule has 22 heavy (non-hydrogen) atoms. The first kappa shape index (κ1) is 16.4. The lowest BCUT2D eigenvalue weighted by atomic mass is 10.2. The van der Waals surface area contributed by atoms with Gasteiger partial charge in [0.1, 0.15) is 5.82 Å². The molecule has 2 N–H and O–H groups in total. The van der Waals surface area contributed by atoms with Crippen LogP contribution in [0, 0.1) is 9.39 Å². The van der Waals surface area contributed by atoms with Crippen molar-refractivity contribution in [3.63, 3.8) is 0 Å². The lowest BCUT2D eigenvalue weighted by molar-refractivity contribution is -0.120. The van der Waals surface area contributed by atoms with E-state index in [-0.39, 0.29) is 30.7 Å². The summed E-state index contributed by atoms with van der Waals surface area (Å²) in [5.74, 6) is -0.912. The predicted octanol–water partition coefficient (Wildman–Crippen LogP) is 2.48. The van der Waals surface area contributed by atoms with Gasteiger partial charge in [0.05, 0.1) is 12.1 Å². The van der Waals surface area contributed by atoms with Crippen molar-refractivity contribution in [2.45, 2.75) is 6.54 Å². The molecule has 0 spiro atoms. The van der Waals surface area contributed by atoms with Gasteiger partial charge in [-0.25, -0.2) is 4.39 Å². The number of benzene rings is 2. The van der Waals surface area contributed by atoms with E-state index in [4.69, 9.17) is 0 Å². The Kier molecular flexibility index (Phi) is 5.88. The minimum atomic E-state index is -0.320. The second-order valence-corrected chi connectivity index (χ2v) is 5.73. The molecule has 0 unspecified atom stereocenters. The Labute approximate surface area is 141 Å². The van der Waals surface area contributed by atoms with Crippen LogP contribution in [0.4, 0.5) is 4.39 Å². The zero-order valence-electron chi connectivity index (χ0n) is 11.6. The van der Waals surface area contributed by atoms with E-state index in [0.717, 1.165) is 9.13 Å². The molecule has 0 radical (unpaired) electrons. The fourth-order valence-electron chi connectivity index (χ4n) is 1.77. The molecule has 2 aromatic rings. The summed E-state index contributed by atoms with van der Waals surface area (Å²) in [6, 6.07) is 13.0. The van der Waals surface area contributed by atoms with Crippen LogP contribution in [0.1, 0.15) is 15.9 Å². The maximum Gasteiger partial charge on any atom is 0.252 e. The van der Waals surface area contributed by atoms with Gasteiger partial charge in [0.15, 0.2) is 0 Å². The molecule has 4 nitrogen and oxygen atoms in total. The van der Waals surface area contributed by atoms with Crippen LogP contribution >= 0.6 is 22.6 Å². The second kappa shape index (κ2) is 7.88. The highest BCUT2D eigenvalue weighted by molar-refractivity contribution is 14.1. The highest BCUT2D eigenvalue weighted by Gasteiger charge is 2.10. The number of hydrogen-bond donors (Lipinski definition) is 2. The normalized spacial score (nSPS) is 10.1. The van der Waals surface area contributed by atoms with Crippen molar-refractivity contribution in [3.05, 3.63) is 69.0 Å². The number of rotatable bonds is 5. The van der Waals surface area contributed by atoms with E-state index in [9.17, 15) is 14.0 Å². The highest BCUT2D eigenvalue weighted by atomic mass is 127. The Morgan fingerprint density at radius 3 is 2.36 bits per heavy atom. The molecular formula is C16H14FIN2O2. The smallest absolute Gasteiger partial charge is 0.252 e. The number of amides is 2. The van der Waals surface area contributed by atoms with Crippen LogP contribution in [-0.4, -0.2) is 18.4 Å². The first-order valence-corrected chi connectivity index (χ1v) is 7.68. The van der Waals surface area contributed by atoms with E-state index < -0.39 is 0 Å². The molecule has 0 aliphatic heterocycles. The van der Waals surface area contributed by atoms with Crippen molar-refractivity contribution >= 4 is 34.4 Å². The molecule has 2 aromatic carbocycles. The Balaban J connectivity index is 1.79. The van der Waals surface area contributed by atoms with Crippen LogP contribution in [0.2, 0.25) is 0 Å². The number of halogens is 2. The van der Waals surface area contributed by atoms with E-state index >= 15 is 0 Å². The van der Waals surface area contributed by atoms with E-state index in [1.165, 1.54) is 12.1 Å². The molecule has 0 aromatic heterocycles. The number of carbonyl (C=O) groups is 2. The topological polar surface area (TPSA) is 58.2 Å². The molecule has 0 aliphatic rings. The quantitative estimate of drug-likeness (QED) is 0.742. The first-order valence-electron chi connectivity index (χ1n) is 6.60. The largest absolute Gasteiger partial charge is 0.350 e. The Hall–Kier alpha value is -1.96. The van der Waals surface area contributed by atoms with Gasteiger partial charge >= 0.3 is 0 Å². The summed E-state index contributed by atoms with van der Waals surface area (Å²) in [5.41, 5.74) is 1.33. The first-order chi connectivity index (χ1) is 10.6. The van der Waals surface area contributed by atoms with Crippen molar-refractivity contribution in [1.29, 1.82) is 0 Å². The summed E-state index contributed by atoms with van der Waals surface area (Å²) >= 11 is 2.07. The van der Waals surface area contributed by atoms with Gasteiger partial charge in [0.25, 0.3) is 5.91 Å². The molecule has 0 saturated carbocycles. The van der Waals surface area contributed by atoms with E-state index in [0.29, 0.717) is 5.56 Å². The van der Waals surface area contributed by atoms with Gasteiger partial charge in [-0.3, -0.25) is 9.59 Å². The average Bonchev–Trinajstić information content (AvgIpc) is 2.52. The summed E-state index contributed by atoms with van der Waals surface area (Å²) in [5, 5.41) is 5.23. The molecule has 0 bridgehead atoms. The second-order valence-electron chi connectivity index (χ2n) is 4.57. The zero-order valence-corrected chi connectivity index (χ0v) is 13.8. The van der Waals surface area contributed by atoms with Gasteiger partial charge in [-0.15, -0.1) is 0 Å². The van der Waals surface area contributed by atoms with E-state index in [1.807, 2.05) is 12.1 Å². The van der Waals surface area contributed by atoms with Crippen LogP contribution in [0.5, 0.6) is 0 Å². The molecule has 0 saturated heterocycles. The predicted molar refractivity (Wildman–Crippen MR) is 89.7 cm³/mol. The lowest BCUT2D eigenvalue weighted by Gasteiger charge is -2.08. The fourth-order valence-corrected chi connectivity index (χ4v) is 2.40. The van der Waals surface area contributed by atoms with Crippen LogP contribution in [-0.2, 0) is 11.3 Å². The molecular weight excluding hydrogens is 398 g/mol. The molecule has 0 fully saturated rings. The van der Waals surface area contributed by atoms with Crippen molar-refractivity contribution in [2.75, 3.05) is 6.54 Å². The van der Waals surface area contributed by atoms with Crippen molar-refractivity contribution < 1.29 is 14.0 Å². The van der Waals surface area contributed by atoms with Crippen molar-refractivity contribution in [3.8, 4) is 0 Å². The minimum absolute atomic E-state index is 0.106. The summed E-state index contributed by atoms with van der Waals surface area (Å²) in [6.07, 6.45) is 0. The fraction of sp³-hybridized carbons (Fsp3) is 0.125. The van der Waals surface area contributed by atoms with Crippen LogP contribution in [0.3, 0.4) is 0 Å². The molecule has 0 atom stereocenters. The zero-order chi connectivity index (χ0) is 15.9. The Morgan fingerprint density at radius 1 is 1.00 bits per heavy atom. The Morgan fingerprint density at radius 2 is 1.68 bits per heavy atom. The molecule has 2 amide bonds. The number of hydrogen-bond acceptors (Lipinski definition) is 2. The molecule has 114 valence electrons. The third-order valence-electron chi connectivity index (χ3n) is 2.93. The molecule has 2 rings (SSSR count). The molecule has 0 heterocycles. The van der Waals surface area contributed by atoms with Crippen LogP contribution in [0.25, 0.3) is 0 Å². The third kappa shape index (κ3) is 4.80. The van der Waals surface area contributed by atoms with E-state index in [1.54, 1.807) is 24.3 Å². The van der Waals surface area contributed by atoms with Gasteiger partial charge in [-0.1, -0.05) is 24.3 Å². The monoisotopic (exact) mass is 412 g/mol. The standard InChI is InChI=1S/C16H14FIN2O2/c17-12-7-5-11(6-8-12)9-19-15(21)10-20-16(22)13-3-1-2-4-14(13)18/h1-8H,9-10H2,(H,19,21)(H,20,22). The Bertz CT molecular complexity index is 674. The van der Waals surface area contributed by atoms with Crippen molar-refractivity contribution in [1.82, 2.24) is 10.6 Å². The van der Waals surface area contributed by atoms with Crippen LogP contribution < -0.4 is 10.6 Å². The maximum atomic E-state index is 12.8. The number of carbonyl (C=O) groups excluding carboxylic acids is 2. The third-order valence-corrected chi connectivity index (χ3v) is 3.87. The van der Waals surface area contributed by atoms with Gasteiger partial charge in [0, 0.05) is 10.1 Å². The van der Waals surface area contributed by atoms with Crippen LogP contribution in [0.15, 0.2) is 48.5 Å². The van der Waals surface area contributed by atoms with Crippen molar-refractivity contribution in [2.24, 2.45) is 0 Å². The lowest BCUT2D eigenvalue weighted by Crippen LogP contribution is -2.36. The van der Waals surface area contributed by atoms with Gasteiger partial charge < -0.3 is 10.6 Å². The van der Waals surface area contributed by atoms with Gasteiger partial charge in [-0.05, 0) is 52.4 Å². The maximum absolute atomic E-state index is 12.8. The molecule has 6 heteroatoms. The summed E-state index contributed by atoms with van der Waals surface area (Å²) in [4.78, 5) is 23.6. The summed E-state index contributed by atoms with van der Waals surface area (Å²) in [6.45, 7) is 0.183. The molecule has 0 aliphatic carbocycles. The minimum Gasteiger partial charge on any atom is -0.350 e. The van der Waals surface area contributed by atoms with Gasteiger partial charge in [-0.2, -0.15) is 0 Å². The van der Waals surface area contributed by atoms with Gasteiger partial charge in [0.2, 0.25) is 5.91 Å².